The van der Waals surface area contributed by atoms with Crippen LogP contribution in [0.15, 0.2) is 24.3 Å². The van der Waals surface area contributed by atoms with E-state index in [9.17, 15) is 9.18 Å². The Bertz CT molecular complexity index is 613. The van der Waals surface area contributed by atoms with Crippen LogP contribution in [0.1, 0.15) is 43.7 Å². The normalized spacial score (nSPS) is 30.9. The Morgan fingerprint density at radius 1 is 1.21 bits per heavy atom. The fraction of sp³-hybridized carbons (Fsp3) is 0.650. The van der Waals surface area contributed by atoms with Crippen LogP contribution in [0.3, 0.4) is 0 Å². The smallest absolute Gasteiger partial charge is 0.222 e. The van der Waals surface area contributed by atoms with Crippen LogP contribution in [0.2, 0.25) is 0 Å². The van der Waals surface area contributed by atoms with Crippen LogP contribution in [0.4, 0.5) is 4.39 Å². The molecule has 0 radical (unpaired) electrons. The highest BCUT2D eigenvalue weighted by molar-refractivity contribution is 5.77. The van der Waals surface area contributed by atoms with Crippen LogP contribution in [0.25, 0.3) is 0 Å². The molecule has 1 amide bonds. The monoisotopic (exact) mass is 330 g/mol. The van der Waals surface area contributed by atoms with Gasteiger partial charge >= 0.3 is 0 Å². The largest absolute Gasteiger partial charge is 0.342 e. The number of carbonyl (C=O) groups excluding carboxylic acids is 1. The zero-order valence-electron chi connectivity index (χ0n) is 14.5. The van der Waals surface area contributed by atoms with Gasteiger partial charge in [-0.3, -0.25) is 9.69 Å². The predicted molar refractivity (Wildman–Crippen MR) is 91.9 cm³/mol. The van der Waals surface area contributed by atoms with Gasteiger partial charge in [0.05, 0.1) is 0 Å². The molecular formula is C20H27FN2O. The SMILES string of the molecule is CN1C[C@H]2CN(C(=O)CC3CCCC3)C[C@H]2[C@@H]1c1cccc(F)c1. The highest BCUT2D eigenvalue weighted by atomic mass is 19.1. The van der Waals surface area contributed by atoms with Crippen LogP contribution in [0.5, 0.6) is 0 Å². The van der Waals surface area contributed by atoms with Gasteiger partial charge in [-0.05, 0) is 49.4 Å². The lowest BCUT2D eigenvalue weighted by atomic mass is 9.89. The quantitative estimate of drug-likeness (QED) is 0.847. The first-order chi connectivity index (χ1) is 11.6. The molecule has 3 fully saturated rings. The molecule has 3 nitrogen and oxygen atoms in total. The molecule has 4 heteroatoms. The van der Waals surface area contributed by atoms with E-state index < -0.39 is 0 Å². The number of nitrogens with zero attached hydrogens (tertiary/aromatic N) is 2. The molecule has 0 N–H and O–H groups in total. The maximum absolute atomic E-state index is 13.6. The molecule has 24 heavy (non-hydrogen) atoms. The van der Waals surface area contributed by atoms with Gasteiger partial charge in [0.15, 0.2) is 0 Å². The fourth-order valence-corrected chi connectivity index (χ4v) is 5.24. The molecule has 2 aliphatic heterocycles. The van der Waals surface area contributed by atoms with Crippen molar-refractivity contribution in [2.75, 3.05) is 26.7 Å². The van der Waals surface area contributed by atoms with E-state index in [2.05, 4.69) is 16.8 Å². The van der Waals surface area contributed by atoms with Crippen molar-refractivity contribution in [2.24, 2.45) is 17.8 Å². The molecule has 4 rings (SSSR count). The average molecular weight is 330 g/mol. The van der Waals surface area contributed by atoms with Crippen molar-refractivity contribution in [1.29, 1.82) is 0 Å². The van der Waals surface area contributed by atoms with Gasteiger partial charge in [0.2, 0.25) is 5.91 Å². The van der Waals surface area contributed by atoms with E-state index in [0.717, 1.165) is 31.6 Å². The summed E-state index contributed by atoms with van der Waals surface area (Å²) in [6, 6.07) is 7.21. The summed E-state index contributed by atoms with van der Waals surface area (Å²) in [6.07, 6.45) is 5.76. The molecule has 130 valence electrons. The third-order valence-corrected chi connectivity index (χ3v) is 6.38. The van der Waals surface area contributed by atoms with Crippen LogP contribution in [-0.2, 0) is 4.79 Å². The van der Waals surface area contributed by atoms with Crippen LogP contribution >= 0.6 is 0 Å². The number of fused-ring (bicyclic) bond motifs is 1. The van der Waals surface area contributed by atoms with Crippen molar-refractivity contribution in [3.05, 3.63) is 35.6 Å². The number of hydrogen-bond donors (Lipinski definition) is 0. The third kappa shape index (κ3) is 2.97. The Labute approximate surface area is 143 Å². The van der Waals surface area contributed by atoms with Gasteiger partial charge < -0.3 is 4.90 Å². The standard InChI is InChI=1S/C20H27FN2O/c1-22-11-16-12-23(19(24)9-14-5-2-3-6-14)13-18(16)20(22)15-7-4-8-17(21)10-15/h4,7-8,10,14,16,18,20H,2-3,5-6,9,11-13H2,1H3/t16-,18+,20-/m0/s1. The topological polar surface area (TPSA) is 23.6 Å². The second-order valence-electron chi connectivity index (χ2n) is 8.02. The van der Waals surface area contributed by atoms with Crippen molar-refractivity contribution in [1.82, 2.24) is 9.80 Å². The zero-order valence-corrected chi connectivity index (χ0v) is 14.5. The Kier molecular flexibility index (Phi) is 4.33. The van der Waals surface area contributed by atoms with Gasteiger partial charge in [-0.1, -0.05) is 25.0 Å². The lowest BCUT2D eigenvalue weighted by Gasteiger charge is -2.27. The molecular weight excluding hydrogens is 303 g/mol. The molecule has 2 heterocycles. The maximum Gasteiger partial charge on any atom is 0.222 e. The number of likely N-dealkylation sites (tertiary alicyclic amines) is 2. The van der Waals surface area contributed by atoms with Gasteiger partial charge in [-0.25, -0.2) is 4.39 Å². The van der Waals surface area contributed by atoms with E-state index in [4.69, 9.17) is 0 Å². The molecule has 1 saturated carbocycles. The Balaban J connectivity index is 1.45. The summed E-state index contributed by atoms with van der Waals surface area (Å²) < 4.78 is 13.6. The molecule has 3 atom stereocenters. The predicted octanol–water partition coefficient (Wildman–Crippen LogP) is 3.47. The molecule has 0 bridgehead atoms. The average Bonchev–Trinajstić information content (AvgIpc) is 3.23. The van der Waals surface area contributed by atoms with E-state index in [0.29, 0.717) is 23.7 Å². The molecule has 0 aromatic heterocycles. The fourth-order valence-electron chi connectivity index (χ4n) is 5.24. The van der Waals surface area contributed by atoms with Gasteiger partial charge in [0.1, 0.15) is 5.82 Å². The number of rotatable bonds is 3. The van der Waals surface area contributed by atoms with Gasteiger partial charge in [0.25, 0.3) is 0 Å². The minimum atomic E-state index is -0.170. The Morgan fingerprint density at radius 2 is 2.00 bits per heavy atom. The van der Waals surface area contributed by atoms with Crippen LogP contribution < -0.4 is 0 Å². The lowest BCUT2D eigenvalue weighted by Crippen LogP contribution is -2.34. The van der Waals surface area contributed by atoms with Gasteiger partial charge in [-0.2, -0.15) is 0 Å². The summed E-state index contributed by atoms with van der Waals surface area (Å²) >= 11 is 0. The maximum atomic E-state index is 13.6. The summed E-state index contributed by atoms with van der Waals surface area (Å²) in [5.41, 5.74) is 1.05. The van der Waals surface area contributed by atoms with E-state index in [-0.39, 0.29) is 11.9 Å². The molecule has 3 aliphatic rings. The number of benzene rings is 1. The first kappa shape index (κ1) is 16.1. The summed E-state index contributed by atoms with van der Waals surface area (Å²) in [7, 11) is 2.12. The second-order valence-corrected chi connectivity index (χ2v) is 8.02. The van der Waals surface area contributed by atoms with Crippen molar-refractivity contribution >= 4 is 5.91 Å². The van der Waals surface area contributed by atoms with E-state index in [1.54, 1.807) is 12.1 Å². The van der Waals surface area contributed by atoms with E-state index in [1.807, 2.05) is 6.07 Å². The first-order valence-electron chi connectivity index (χ1n) is 9.35. The van der Waals surface area contributed by atoms with Crippen molar-refractivity contribution in [2.45, 2.75) is 38.1 Å². The third-order valence-electron chi connectivity index (χ3n) is 6.38. The minimum absolute atomic E-state index is 0.170. The second kappa shape index (κ2) is 6.47. The van der Waals surface area contributed by atoms with Crippen LogP contribution in [0, 0.1) is 23.6 Å². The zero-order chi connectivity index (χ0) is 16.7. The molecule has 1 aliphatic carbocycles. The van der Waals surface area contributed by atoms with Crippen molar-refractivity contribution in [3.63, 3.8) is 0 Å². The van der Waals surface area contributed by atoms with Gasteiger partial charge in [0, 0.05) is 38.0 Å². The molecule has 0 unspecified atom stereocenters. The summed E-state index contributed by atoms with van der Waals surface area (Å²) in [5, 5.41) is 0. The van der Waals surface area contributed by atoms with E-state index >= 15 is 0 Å². The Hall–Kier alpha value is -1.42. The summed E-state index contributed by atoms with van der Waals surface area (Å²) in [5.74, 6) is 1.74. The number of amides is 1. The van der Waals surface area contributed by atoms with Gasteiger partial charge in [-0.15, -0.1) is 0 Å². The highest BCUT2D eigenvalue weighted by Gasteiger charge is 2.47. The number of halogens is 1. The summed E-state index contributed by atoms with van der Waals surface area (Å²) in [4.78, 5) is 17.1. The Morgan fingerprint density at radius 3 is 2.75 bits per heavy atom. The molecule has 2 saturated heterocycles. The highest BCUT2D eigenvalue weighted by Crippen LogP contribution is 2.44. The minimum Gasteiger partial charge on any atom is -0.342 e. The first-order valence-corrected chi connectivity index (χ1v) is 9.35. The molecule has 0 spiro atoms. The number of hydrogen-bond acceptors (Lipinski definition) is 2. The molecule has 1 aromatic rings. The number of carbonyl (C=O) groups is 1. The summed E-state index contributed by atoms with van der Waals surface area (Å²) in [6.45, 7) is 2.72. The van der Waals surface area contributed by atoms with Crippen molar-refractivity contribution < 1.29 is 9.18 Å². The lowest BCUT2D eigenvalue weighted by molar-refractivity contribution is -0.131. The molecule has 1 aromatic carbocycles. The van der Waals surface area contributed by atoms with Crippen LogP contribution in [-0.4, -0.2) is 42.4 Å². The van der Waals surface area contributed by atoms with E-state index in [1.165, 1.54) is 31.7 Å². The van der Waals surface area contributed by atoms with Crippen molar-refractivity contribution in [3.8, 4) is 0 Å².